The number of nitrogens with zero attached hydrogens (tertiary/aromatic N) is 2. The largest absolute Gasteiger partial charge is 0.490 e. The van der Waals surface area contributed by atoms with E-state index in [2.05, 4.69) is 35.7 Å². The fourth-order valence-electron chi connectivity index (χ4n) is 2.84. The van der Waals surface area contributed by atoms with E-state index in [4.69, 9.17) is 4.74 Å². The Hall–Kier alpha value is -0.950. The number of ether oxygens (including phenoxy) is 1. The normalized spacial score (nSPS) is 16.5. The fraction of sp³-hybridized carbons (Fsp3) is 0.632. The maximum atomic E-state index is 6.05. The number of likely N-dealkylation sites (N-methyl/N-ethyl adjacent to an activating group) is 1. The molecule has 0 saturated carbocycles. The molecule has 3 nitrogen and oxygen atoms in total. The highest BCUT2D eigenvalue weighted by Crippen LogP contribution is 2.21. The lowest BCUT2D eigenvalue weighted by molar-refractivity contribution is 0.196. The van der Waals surface area contributed by atoms with E-state index in [0.717, 1.165) is 50.2 Å². The molecule has 136 valence electrons. The highest BCUT2D eigenvalue weighted by atomic mass is 35.5. The Labute approximate surface area is 159 Å². The third-order valence-corrected chi connectivity index (χ3v) is 4.22. The highest BCUT2D eigenvalue weighted by molar-refractivity contribution is 5.85. The second-order valence-electron chi connectivity index (χ2n) is 5.95. The molecule has 1 aromatic heterocycles. The third-order valence-electron chi connectivity index (χ3n) is 4.22. The van der Waals surface area contributed by atoms with E-state index in [1.54, 1.807) is 0 Å². The summed E-state index contributed by atoms with van der Waals surface area (Å²) in [7, 11) is 2.18. The average molecular weight is 373 g/mol. The molecule has 1 saturated heterocycles. The first kappa shape index (κ1) is 23.1. The first-order chi connectivity index (χ1) is 10.8. The summed E-state index contributed by atoms with van der Waals surface area (Å²) in [5.41, 5.74) is 1.09. The van der Waals surface area contributed by atoms with E-state index >= 15 is 0 Å². The Bertz CT molecular complexity index is 514. The van der Waals surface area contributed by atoms with Crippen molar-refractivity contribution in [3.05, 3.63) is 24.0 Å². The van der Waals surface area contributed by atoms with Gasteiger partial charge in [-0.2, -0.15) is 0 Å². The summed E-state index contributed by atoms with van der Waals surface area (Å²) in [5, 5.41) is 0. The molecule has 0 amide bonds. The lowest BCUT2D eigenvalue weighted by atomic mass is 10.1. The highest BCUT2D eigenvalue weighted by Gasteiger charge is 2.21. The molecular weight excluding hydrogens is 343 g/mol. The zero-order chi connectivity index (χ0) is 15.6. The Morgan fingerprint density at radius 1 is 1.29 bits per heavy atom. The molecular formula is C19H30Cl2N2O. The molecule has 1 fully saturated rings. The number of rotatable bonds is 7. The van der Waals surface area contributed by atoms with Crippen LogP contribution >= 0.6 is 24.8 Å². The molecule has 0 bridgehead atoms. The van der Waals surface area contributed by atoms with Gasteiger partial charge in [0.1, 0.15) is 12.4 Å². The van der Waals surface area contributed by atoms with Crippen molar-refractivity contribution >= 4 is 24.8 Å². The standard InChI is InChI=1S/C19H28N2O.2ClH/c1-3-4-5-6-7-8-12-18-19(13-9-14-20-18)22-16-17-11-10-15-21(17)2;;/h9,13-14,17H,3,6-8,10-12,15-16H2,1-2H3;2*1H/t17-;;/m0../s1. The van der Waals surface area contributed by atoms with Gasteiger partial charge in [0.2, 0.25) is 0 Å². The summed E-state index contributed by atoms with van der Waals surface area (Å²) in [6.45, 7) is 4.05. The van der Waals surface area contributed by atoms with Crippen LogP contribution in [0, 0.1) is 11.8 Å². The van der Waals surface area contributed by atoms with Crippen LogP contribution in [0.1, 0.15) is 51.1 Å². The van der Waals surface area contributed by atoms with Gasteiger partial charge >= 0.3 is 0 Å². The summed E-state index contributed by atoms with van der Waals surface area (Å²) in [5.74, 6) is 7.28. The summed E-state index contributed by atoms with van der Waals surface area (Å²) in [4.78, 5) is 6.89. The SMILES string of the molecule is CCC#CCCCCc1ncccc1OC[C@@H]1CCCN1C.Cl.Cl. The molecule has 24 heavy (non-hydrogen) atoms. The van der Waals surface area contributed by atoms with Crippen molar-refractivity contribution < 1.29 is 4.74 Å². The van der Waals surface area contributed by atoms with Gasteiger partial charge in [0.25, 0.3) is 0 Å². The van der Waals surface area contributed by atoms with Crippen LogP contribution < -0.4 is 4.74 Å². The van der Waals surface area contributed by atoms with E-state index in [9.17, 15) is 0 Å². The maximum Gasteiger partial charge on any atom is 0.140 e. The minimum atomic E-state index is 0. The predicted octanol–water partition coefficient (Wildman–Crippen LogP) is 4.52. The lowest BCUT2D eigenvalue weighted by Gasteiger charge is -2.20. The molecule has 2 heterocycles. The van der Waals surface area contributed by atoms with Crippen molar-refractivity contribution in [1.29, 1.82) is 0 Å². The van der Waals surface area contributed by atoms with Crippen LogP contribution in [0.3, 0.4) is 0 Å². The van der Waals surface area contributed by atoms with E-state index in [-0.39, 0.29) is 24.8 Å². The van der Waals surface area contributed by atoms with Gasteiger partial charge in [-0.25, -0.2) is 0 Å². The van der Waals surface area contributed by atoms with Crippen molar-refractivity contribution in [2.24, 2.45) is 0 Å². The molecule has 1 aromatic rings. The molecule has 2 rings (SSSR count). The van der Waals surface area contributed by atoms with E-state index in [0.29, 0.717) is 6.04 Å². The Balaban J connectivity index is 0.00000264. The average Bonchev–Trinajstić information content (AvgIpc) is 2.95. The molecule has 0 N–H and O–H groups in total. The molecule has 1 aliphatic heterocycles. The molecule has 1 atom stereocenters. The summed E-state index contributed by atoms with van der Waals surface area (Å²) in [6, 6.07) is 4.57. The van der Waals surface area contributed by atoms with Crippen molar-refractivity contribution in [3.8, 4) is 17.6 Å². The van der Waals surface area contributed by atoms with Gasteiger partial charge in [-0.3, -0.25) is 4.98 Å². The smallest absolute Gasteiger partial charge is 0.140 e. The van der Waals surface area contributed by atoms with Crippen molar-refractivity contribution in [2.45, 2.75) is 57.9 Å². The Morgan fingerprint density at radius 3 is 2.83 bits per heavy atom. The second-order valence-corrected chi connectivity index (χ2v) is 5.95. The summed E-state index contributed by atoms with van der Waals surface area (Å²) >= 11 is 0. The van der Waals surface area contributed by atoms with Gasteiger partial charge in [-0.15, -0.1) is 36.7 Å². The molecule has 0 aliphatic carbocycles. The van der Waals surface area contributed by atoms with Gasteiger partial charge in [-0.1, -0.05) is 6.92 Å². The van der Waals surface area contributed by atoms with Crippen LogP contribution in [0.4, 0.5) is 0 Å². The molecule has 0 radical (unpaired) electrons. The van der Waals surface area contributed by atoms with Crippen LogP contribution in [0.2, 0.25) is 0 Å². The summed E-state index contributed by atoms with van der Waals surface area (Å²) in [6.07, 6.45) is 9.55. The first-order valence-corrected chi connectivity index (χ1v) is 8.54. The molecule has 0 unspecified atom stereocenters. The van der Waals surface area contributed by atoms with Crippen LogP contribution in [-0.2, 0) is 6.42 Å². The van der Waals surface area contributed by atoms with Crippen molar-refractivity contribution in [2.75, 3.05) is 20.2 Å². The number of aromatic nitrogens is 1. The van der Waals surface area contributed by atoms with Crippen molar-refractivity contribution in [1.82, 2.24) is 9.88 Å². The second kappa shape index (κ2) is 13.4. The number of pyridine rings is 1. The monoisotopic (exact) mass is 372 g/mol. The number of hydrogen-bond donors (Lipinski definition) is 0. The third kappa shape index (κ3) is 7.75. The molecule has 1 aliphatic rings. The van der Waals surface area contributed by atoms with Gasteiger partial charge in [0.05, 0.1) is 5.69 Å². The minimum absolute atomic E-state index is 0. The van der Waals surface area contributed by atoms with Gasteiger partial charge in [-0.05, 0) is 57.8 Å². The zero-order valence-electron chi connectivity index (χ0n) is 14.8. The van der Waals surface area contributed by atoms with E-state index in [1.807, 2.05) is 18.3 Å². The van der Waals surface area contributed by atoms with Gasteiger partial charge in [0.15, 0.2) is 0 Å². The van der Waals surface area contributed by atoms with E-state index < -0.39 is 0 Å². The summed E-state index contributed by atoms with van der Waals surface area (Å²) < 4.78 is 6.05. The molecule has 0 aromatic carbocycles. The topological polar surface area (TPSA) is 25.4 Å². The Kier molecular flexibility index (Phi) is 12.8. The number of unbranched alkanes of at least 4 members (excludes halogenated alkanes) is 2. The maximum absolute atomic E-state index is 6.05. The van der Waals surface area contributed by atoms with Crippen LogP contribution in [0.5, 0.6) is 5.75 Å². The van der Waals surface area contributed by atoms with Crippen LogP contribution in [0.15, 0.2) is 18.3 Å². The number of likely N-dealkylation sites (tertiary alicyclic amines) is 1. The lowest BCUT2D eigenvalue weighted by Crippen LogP contribution is -2.30. The first-order valence-electron chi connectivity index (χ1n) is 8.54. The quantitative estimate of drug-likeness (QED) is 0.519. The zero-order valence-corrected chi connectivity index (χ0v) is 16.4. The number of aryl methyl sites for hydroxylation is 1. The fourth-order valence-corrected chi connectivity index (χ4v) is 2.84. The van der Waals surface area contributed by atoms with E-state index in [1.165, 1.54) is 19.4 Å². The van der Waals surface area contributed by atoms with Crippen LogP contribution in [0.25, 0.3) is 0 Å². The van der Waals surface area contributed by atoms with Gasteiger partial charge < -0.3 is 9.64 Å². The van der Waals surface area contributed by atoms with Gasteiger partial charge in [0, 0.05) is 25.1 Å². The minimum Gasteiger partial charge on any atom is -0.490 e. The molecule has 0 spiro atoms. The predicted molar refractivity (Wildman–Crippen MR) is 106 cm³/mol. The number of halogens is 2. The van der Waals surface area contributed by atoms with Crippen molar-refractivity contribution in [3.63, 3.8) is 0 Å². The Morgan fingerprint density at radius 2 is 2.12 bits per heavy atom. The number of hydrogen-bond acceptors (Lipinski definition) is 3. The van der Waals surface area contributed by atoms with Crippen LogP contribution in [-0.4, -0.2) is 36.1 Å². The molecule has 5 heteroatoms.